The fraction of sp³-hybridized carbons (Fsp3) is 0.600. The summed E-state index contributed by atoms with van der Waals surface area (Å²) in [5.74, 6) is 0. The maximum Gasteiger partial charge on any atom is 0.274 e. The predicted molar refractivity (Wildman–Crippen MR) is 81.2 cm³/mol. The molecule has 0 aliphatic carbocycles. The summed E-state index contributed by atoms with van der Waals surface area (Å²) in [7, 11) is 0. The van der Waals surface area contributed by atoms with Crippen molar-refractivity contribution < 1.29 is 4.92 Å². The highest BCUT2D eigenvalue weighted by Gasteiger charge is 2.18. The van der Waals surface area contributed by atoms with E-state index in [0.29, 0.717) is 17.6 Å². The Hall–Kier alpha value is -1.62. The van der Waals surface area contributed by atoms with Gasteiger partial charge in [-0.3, -0.25) is 10.1 Å². The highest BCUT2D eigenvalue weighted by atomic mass is 16.6. The lowest BCUT2D eigenvalue weighted by Gasteiger charge is -2.27. The Kier molecular flexibility index (Phi) is 4.95. The fourth-order valence-electron chi connectivity index (χ4n) is 2.85. The molecule has 20 heavy (non-hydrogen) atoms. The van der Waals surface area contributed by atoms with E-state index in [1.807, 2.05) is 6.07 Å². The molecule has 0 radical (unpaired) electrons. The fourth-order valence-corrected chi connectivity index (χ4v) is 2.85. The summed E-state index contributed by atoms with van der Waals surface area (Å²) >= 11 is 0. The minimum absolute atomic E-state index is 0.179. The van der Waals surface area contributed by atoms with Gasteiger partial charge in [0.25, 0.3) is 5.69 Å². The van der Waals surface area contributed by atoms with Crippen LogP contribution >= 0.6 is 0 Å². The van der Waals surface area contributed by atoms with Gasteiger partial charge in [0.2, 0.25) is 0 Å². The molecule has 2 rings (SSSR count). The van der Waals surface area contributed by atoms with E-state index in [0.717, 1.165) is 18.7 Å². The lowest BCUT2D eigenvalue weighted by atomic mass is 9.98. The topological polar surface area (TPSA) is 67.2 Å². The van der Waals surface area contributed by atoms with Crippen LogP contribution in [0.2, 0.25) is 0 Å². The van der Waals surface area contributed by atoms with Crippen LogP contribution in [-0.4, -0.2) is 23.6 Å². The number of benzene rings is 1. The number of rotatable bonds is 5. The lowest BCUT2D eigenvalue weighted by molar-refractivity contribution is -0.385. The number of hydrogen-bond acceptors (Lipinski definition) is 4. The van der Waals surface area contributed by atoms with Gasteiger partial charge in [0, 0.05) is 29.4 Å². The van der Waals surface area contributed by atoms with Gasteiger partial charge in [-0.25, -0.2) is 0 Å². The number of nitro benzene ring substituents is 1. The van der Waals surface area contributed by atoms with Crippen LogP contribution in [0.5, 0.6) is 0 Å². The van der Waals surface area contributed by atoms with Gasteiger partial charge in [-0.15, -0.1) is 0 Å². The molecule has 1 aromatic carbocycles. The number of nitrogens with one attached hydrogen (secondary N) is 2. The minimum atomic E-state index is -0.326. The summed E-state index contributed by atoms with van der Waals surface area (Å²) in [6.07, 6.45) is 4.82. The molecule has 1 saturated heterocycles. The molecule has 5 nitrogen and oxygen atoms in total. The number of piperidine rings is 1. The van der Waals surface area contributed by atoms with E-state index in [2.05, 4.69) is 17.6 Å². The zero-order valence-electron chi connectivity index (χ0n) is 12.2. The summed E-state index contributed by atoms with van der Waals surface area (Å²) in [5, 5.41) is 17.9. The van der Waals surface area contributed by atoms with Gasteiger partial charge in [0.1, 0.15) is 0 Å². The predicted octanol–water partition coefficient (Wildman–Crippen LogP) is 3.24. The zero-order valence-corrected chi connectivity index (χ0v) is 12.2. The van der Waals surface area contributed by atoms with Crippen LogP contribution in [0, 0.1) is 17.0 Å². The second-order valence-corrected chi connectivity index (χ2v) is 5.63. The van der Waals surface area contributed by atoms with Crippen LogP contribution in [0.15, 0.2) is 18.2 Å². The van der Waals surface area contributed by atoms with Gasteiger partial charge in [-0.05, 0) is 45.7 Å². The first-order valence-electron chi connectivity index (χ1n) is 7.32. The lowest BCUT2D eigenvalue weighted by Crippen LogP contribution is -2.37. The molecule has 2 unspecified atom stereocenters. The second-order valence-electron chi connectivity index (χ2n) is 5.63. The molecule has 0 aromatic heterocycles. The Bertz CT molecular complexity index is 470. The SMILES string of the molecule is Cc1c(NC(C)CC2CCCCN2)cccc1[N+](=O)[O-]. The summed E-state index contributed by atoms with van der Waals surface area (Å²) in [6, 6.07) is 6.05. The number of hydrogen-bond donors (Lipinski definition) is 2. The Morgan fingerprint density at radius 1 is 1.50 bits per heavy atom. The zero-order chi connectivity index (χ0) is 14.5. The van der Waals surface area contributed by atoms with Crippen LogP contribution in [0.25, 0.3) is 0 Å². The van der Waals surface area contributed by atoms with E-state index in [1.54, 1.807) is 19.1 Å². The van der Waals surface area contributed by atoms with E-state index in [1.165, 1.54) is 19.3 Å². The molecule has 110 valence electrons. The third-order valence-electron chi connectivity index (χ3n) is 3.95. The Morgan fingerprint density at radius 2 is 2.30 bits per heavy atom. The van der Waals surface area contributed by atoms with Crippen molar-refractivity contribution in [2.45, 2.75) is 51.6 Å². The molecule has 1 heterocycles. The number of nitrogens with zero attached hydrogens (tertiary/aromatic N) is 1. The van der Waals surface area contributed by atoms with Gasteiger partial charge in [-0.2, -0.15) is 0 Å². The standard InChI is InChI=1S/C15H23N3O2/c1-11(10-13-6-3-4-9-16-13)17-14-7-5-8-15(12(14)2)18(19)20/h5,7-8,11,13,16-17H,3-4,6,9-10H2,1-2H3. The van der Waals surface area contributed by atoms with E-state index >= 15 is 0 Å². The van der Waals surface area contributed by atoms with Crippen LogP contribution in [0.3, 0.4) is 0 Å². The molecule has 0 spiro atoms. The van der Waals surface area contributed by atoms with Crippen molar-refractivity contribution in [2.24, 2.45) is 0 Å². The molecule has 0 bridgehead atoms. The van der Waals surface area contributed by atoms with Crippen molar-refractivity contribution in [3.63, 3.8) is 0 Å². The summed E-state index contributed by atoms with van der Waals surface area (Å²) in [5.41, 5.74) is 1.75. The van der Waals surface area contributed by atoms with Crippen LogP contribution < -0.4 is 10.6 Å². The molecule has 2 atom stereocenters. The molecular formula is C15H23N3O2. The monoisotopic (exact) mass is 277 g/mol. The van der Waals surface area contributed by atoms with Gasteiger partial charge in [0.15, 0.2) is 0 Å². The van der Waals surface area contributed by atoms with Gasteiger partial charge in [-0.1, -0.05) is 12.5 Å². The van der Waals surface area contributed by atoms with Crippen LogP contribution in [0.1, 0.15) is 38.2 Å². The first-order valence-corrected chi connectivity index (χ1v) is 7.32. The molecule has 5 heteroatoms. The van der Waals surface area contributed by atoms with E-state index < -0.39 is 0 Å². The molecule has 2 N–H and O–H groups in total. The maximum atomic E-state index is 10.9. The summed E-state index contributed by atoms with van der Waals surface area (Å²) in [4.78, 5) is 10.6. The molecule has 1 fully saturated rings. The van der Waals surface area contributed by atoms with Crippen molar-refractivity contribution in [3.8, 4) is 0 Å². The smallest absolute Gasteiger partial charge is 0.274 e. The maximum absolute atomic E-state index is 10.9. The van der Waals surface area contributed by atoms with Crippen molar-refractivity contribution in [1.29, 1.82) is 0 Å². The van der Waals surface area contributed by atoms with Crippen molar-refractivity contribution in [1.82, 2.24) is 5.32 Å². The average Bonchev–Trinajstić information content (AvgIpc) is 2.42. The number of nitro groups is 1. The number of anilines is 1. The third kappa shape index (κ3) is 3.70. The van der Waals surface area contributed by atoms with Crippen molar-refractivity contribution in [3.05, 3.63) is 33.9 Å². The summed E-state index contributed by atoms with van der Waals surface area (Å²) in [6.45, 7) is 5.04. The quantitative estimate of drug-likeness (QED) is 0.640. The van der Waals surface area contributed by atoms with E-state index in [-0.39, 0.29) is 10.6 Å². The summed E-state index contributed by atoms with van der Waals surface area (Å²) < 4.78 is 0. The molecule has 1 aliphatic heterocycles. The normalized spacial score (nSPS) is 20.4. The Balaban J connectivity index is 1.98. The molecule has 0 amide bonds. The van der Waals surface area contributed by atoms with Gasteiger partial charge in [0.05, 0.1) is 4.92 Å². The van der Waals surface area contributed by atoms with Crippen molar-refractivity contribution >= 4 is 11.4 Å². The van der Waals surface area contributed by atoms with Crippen LogP contribution in [0.4, 0.5) is 11.4 Å². The molecular weight excluding hydrogens is 254 g/mol. The van der Waals surface area contributed by atoms with E-state index in [4.69, 9.17) is 0 Å². The first-order chi connectivity index (χ1) is 9.58. The van der Waals surface area contributed by atoms with Gasteiger partial charge < -0.3 is 10.6 Å². The largest absolute Gasteiger partial charge is 0.382 e. The highest BCUT2D eigenvalue weighted by molar-refractivity contribution is 5.60. The second kappa shape index (κ2) is 6.70. The average molecular weight is 277 g/mol. The van der Waals surface area contributed by atoms with Crippen LogP contribution in [-0.2, 0) is 0 Å². The Labute approximate surface area is 119 Å². The molecule has 0 saturated carbocycles. The molecule has 1 aromatic rings. The Morgan fingerprint density at radius 3 is 2.95 bits per heavy atom. The minimum Gasteiger partial charge on any atom is -0.382 e. The van der Waals surface area contributed by atoms with Crippen molar-refractivity contribution in [2.75, 3.05) is 11.9 Å². The third-order valence-corrected chi connectivity index (χ3v) is 3.95. The first kappa shape index (κ1) is 14.8. The van der Waals surface area contributed by atoms with Gasteiger partial charge >= 0.3 is 0 Å². The molecule has 1 aliphatic rings. The highest BCUT2D eigenvalue weighted by Crippen LogP contribution is 2.26. The van der Waals surface area contributed by atoms with E-state index in [9.17, 15) is 10.1 Å².